The van der Waals surface area contributed by atoms with E-state index in [0.29, 0.717) is 18.5 Å². The molecule has 1 saturated heterocycles. The van der Waals surface area contributed by atoms with Gasteiger partial charge in [-0.1, -0.05) is 42.0 Å². The molecule has 0 saturated carbocycles. The Morgan fingerprint density at radius 3 is 2.41 bits per heavy atom. The van der Waals surface area contributed by atoms with Crippen LogP contribution in [0.15, 0.2) is 48.5 Å². The minimum atomic E-state index is -3.46. The number of hydrogen-bond donors (Lipinski definition) is 1. The molecule has 2 aromatic rings. The Bertz CT molecular complexity index is 886. The molecule has 0 aliphatic carbocycles. The molecule has 5 nitrogen and oxygen atoms in total. The van der Waals surface area contributed by atoms with Crippen LogP contribution in [0.3, 0.4) is 0 Å². The van der Waals surface area contributed by atoms with Crippen molar-refractivity contribution in [1.29, 1.82) is 0 Å². The molecular formula is C21H26N2O3S. The van der Waals surface area contributed by atoms with Crippen LogP contribution in [0.2, 0.25) is 0 Å². The Hall–Kier alpha value is -2.34. The van der Waals surface area contributed by atoms with Gasteiger partial charge in [0.1, 0.15) is 0 Å². The van der Waals surface area contributed by atoms with Gasteiger partial charge < -0.3 is 4.90 Å². The Balaban J connectivity index is 1.54. The molecule has 0 unspecified atom stereocenters. The number of carbonyl (C=O) groups excluding carboxylic acids is 1. The molecule has 0 spiro atoms. The fraction of sp³-hybridized carbons (Fsp3) is 0.381. The SMILES string of the molecule is Cc1cccc(CS(=O)(=O)Nc2ccc(CCC(=O)N3CCCC3)cc2)c1. The minimum Gasteiger partial charge on any atom is -0.343 e. The molecule has 3 rings (SSSR count). The number of rotatable bonds is 7. The van der Waals surface area contributed by atoms with E-state index in [4.69, 9.17) is 0 Å². The van der Waals surface area contributed by atoms with Crippen molar-refractivity contribution in [2.75, 3.05) is 17.8 Å². The van der Waals surface area contributed by atoms with E-state index in [-0.39, 0.29) is 11.7 Å². The van der Waals surface area contributed by atoms with E-state index in [9.17, 15) is 13.2 Å². The summed E-state index contributed by atoms with van der Waals surface area (Å²) in [6, 6.07) is 14.7. The number of benzene rings is 2. The second-order valence-corrected chi connectivity index (χ2v) is 8.86. The Morgan fingerprint density at radius 1 is 1.04 bits per heavy atom. The van der Waals surface area contributed by atoms with Gasteiger partial charge in [-0.2, -0.15) is 0 Å². The van der Waals surface area contributed by atoms with Crippen molar-refractivity contribution in [1.82, 2.24) is 4.90 Å². The molecule has 6 heteroatoms. The molecular weight excluding hydrogens is 360 g/mol. The third-order valence-corrected chi connectivity index (χ3v) is 6.01. The van der Waals surface area contributed by atoms with Crippen molar-refractivity contribution in [3.05, 3.63) is 65.2 Å². The Morgan fingerprint density at radius 2 is 1.74 bits per heavy atom. The normalized spacial score (nSPS) is 14.3. The van der Waals surface area contributed by atoms with E-state index in [0.717, 1.165) is 42.6 Å². The fourth-order valence-electron chi connectivity index (χ4n) is 3.35. The molecule has 0 atom stereocenters. The summed E-state index contributed by atoms with van der Waals surface area (Å²) in [7, 11) is -3.46. The number of anilines is 1. The lowest BCUT2D eigenvalue weighted by Gasteiger charge is -2.15. The zero-order valence-corrected chi connectivity index (χ0v) is 16.5. The van der Waals surface area contributed by atoms with E-state index in [1.807, 2.05) is 48.2 Å². The number of sulfonamides is 1. The summed E-state index contributed by atoms with van der Waals surface area (Å²) < 4.78 is 27.4. The molecule has 1 amide bonds. The van der Waals surface area contributed by atoms with Crippen LogP contribution in [0.5, 0.6) is 0 Å². The largest absolute Gasteiger partial charge is 0.343 e. The number of amides is 1. The highest BCUT2D eigenvalue weighted by atomic mass is 32.2. The standard InChI is InChI=1S/C21H26N2O3S/c1-17-5-4-6-19(15-17)16-27(25,26)22-20-10-7-18(8-11-20)9-12-21(24)23-13-2-3-14-23/h4-8,10-11,15,22H,2-3,9,12-14,16H2,1H3. The first-order valence-corrected chi connectivity index (χ1v) is 11.0. The summed E-state index contributed by atoms with van der Waals surface area (Å²) in [5, 5.41) is 0. The quantitative estimate of drug-likeness (QED) is 0.792. The molecule has 0 bridgehead atoms. The predicted molar refractivity (Wildman–Crippen MR) is 108 cm³/mol. The van der Waals surface area contributed by atoms with E-state index in [1.165, 1.54) is 0 Å². The Labute approximate surface area is 161 Å². The van der Waals surface area contributed by atoms with Gasteiger partial charge in [-0.25, -0.2) is 8.42 Å². The lowest BCUT2D eigenvalue weighted by molar-refractivity contribution is -0.130. The molecule has 0 aromatic heterocycles. The number of carbonyl (C=O) groups is 1. The second kappa shape index (κ2) is 8.57. The van der Waals surface area contributed by atoms with Crippen molar-refractivity contribution in [2.45, 2.75) is 38.4 Å². The van der Waals surface area contributed by atoms with Gasteiger partial charge >= 0.3 is 0 Å². The smallest absolute Gasteiger partial charge is 0.236 e. The van der Waals surface area contributed by atoms with Gasteiger partial charge in [-0.15, -0.1) is 0 Å². The van der Waals surface area contributed by atoms with Gasteiger partial charge in [0.05, 0.1) is 5.75 Å². The lowest BCUT2D eigenvalue weighted by atomic mass is 10.1. The number of likely N-dealkylation sites (tertiary alicyclic amines) is 1. The topological polar surface area (TPSA) is 66.5 Å². The fourth-order valence-corrected chi connectivity index (χ4v) is 4.54. The van der Waals surface area contributed by atoms with Crippen molar-refractivity contribution in [3.63, 3.8) is 0 Å². The lowest BCUT2D eigenvalue weighted by Crippen LogP contribution is -2.27. The van der Waals surface area contributed by atoms with Gasteiger partial charge in [0.25, 0.3) is 0 Å². The summed E-state index contributed by atoms with van der Waals surface area (Å²) in [6.07, 6.45) is 3.37. The van der Waals surface area contributed by atoms with Crippen LogP contribution in [0.1, 0.15) is 36.0 Å². The summed E-state index contributed by atoms with van der Waals surface area (Å²) >= 11 is 0. The Kier molecular flexibility index (Phi) is 6.16. The molecule has 2 aromatic carbocycles. The number of hydrogen-bond acceptors (Lipinski definition) is 3. The van der Waals surface area contributed by atoms with Crippen LogP contribution in [0, 0.1) is 6.92 Å². The first kappa shape index (κ1) is 19.4. The third-order valence-electron chi connectivity index (χ3n) is 4.75. The van der Waals surface area contributed by atoms with Gasteiger partial charge in [0.15, 0.2) is 0 Å². The first-order chi connectivity index (χ1) is 12.9. The van der Waals surface area contributed by atoms with E-state index in [2.05, 4.69) is 4.72 Å². The average Bonchev–Trinajstić information content (AvgIpc) is 3.15. The van der Waals surface area contributed by atoms with Crippen LogP contribution in [-0.2, 0) is 27.0 Å². The third kappa shape index (κ3) is 5.82. The van der Waals surface area contributed by atoms with E-state index >= 15 is 0 Å². The van der Waals surface area contributed by atoms with Crippen molar-refractivity contribution < 1.29 is 13.2 Å². The maximum absolute atomic E-state index is 12.4. The highest BCUT2D eigenvalue weighted by Crippen LogP contribution is 2.16. The zero-order chi connectivity index (χ0) is 19.3. The molecule has 1 N–H and O–H groups in total. The summed E-state index contributed by atoms with van der Waals surface area (Å²) in [6.45, 7) is 3.69. The second-order valence-electron chi connectivity index (χ2n) is 7.14. The van der Waals surface area contributed by atoms with Gasteiger partial charge in [0.2, 0.25) is 15.9 Å². The van der Waals surface area contributed by atoms with Crippen LogP contribution >= 0.6 is 0 Å². The summed E-state index contributed by atoms with van der Waals surface area (Å²) in [4.78, 5) is 14.0. The number of nitrogens with one attached hydrogen (secondary N) is 1. The molecule has 1 heterocycles. The highest BCUT2D eigenvalue weighted by Gasteiger charge is 2.17. The zero-order valence-electron chi connectivity index (χ0n) is 15.6. The summed E-state index contributed by atoms with van der Waals surface area (Å²) in [5.41, 5.74) is 3.37. The maximum atomic E-state index is 12.4. The number of aryl methyl sites for hydroxylation is 2. The molecule has 144 valence electrons. The van der Waals surface area contributed by atoms with Gasteiger partial charge in [-0.05, 0) is 49.4 Å². The van der Waals surface area contributed by atoms with Gasteiger partial charge in [0, 0.05) is 25.2 Å². The number of nitrogens with zero attached hydrogens (tertiary/aromatic N) is 1. The average molecular weight is 387 g/mol. The molecule has 1 aliphatic rings. The molecule has 1 fully saturated rings. The predicted octanol–water partition coefficient (Wildman–Crippen LogP) is 3.49. The van der Waals surface area contributed by atoms with Crippen LogP contribution in [0.25, 0.3) is 0 Å². The van der Waals surface area contributed by atoms with Crippen LogP contribution < -0.4 is 4.72 Å². The van der Waals surface area contributed by atoms with Crippen LogP contribution in [-0.4, -0.2) is 32.3 Å². The monoisotopic (exact) mass is 386 g/mol. The summed E-state index contributed by atoms with van der Waals surface area (Å²) in [5.74, 6) is 0.149. The van der Waals surface area contributed by atoms with E-state index < -0.39 is 10.0 Å². The molecule has 1 aliphatic heterocycles. The van der Waals surface area contributed by atoms with Crippen LogP contribution in [0.4, 0.5) is 5.69 Å². The molecule has 27 heavy (non-hydrogen) atoms. The van der Waals surface area contributed by atoms with Crippen molar-refractivity contribution >= 4 is 21.6 Å². The van der Waals surface area contributed by atoms with Crippen molar-refractivity contribution in [3.8, 4) is 0 Å². The molecule has 0 radical (unpaired) electrons. The van der Waals surface area contributed by atoms with Crippen molar-refractivity contribution in [2.24, 2.45) is 0 Å². The first-order valence-electron chi connectivity index (χ1n) is 9.34. The van der Waals surface area contributed by atoms with E-state index in [1.54, 1.807) is 12.1 Å². The maximum Gasteiger partial charge on any atom is 0.236 e. The minimum absolute atomic E-state index is 0.0548. The van der Waals surface area contributed by atoms with Gasteiger partial charge in [-0.3, -0.25) is 9.52 Å². The highest BCUT2D eigenvalue weighted by molar-refractivity contribution is 7.91.